The van der Waals surface area contributed by atoms with E-state index in [2.05, 4.69) is 16.0 Å². The molecular formula is C26H28N4O4. The third-order valence-corrected chi connectivity index (χ3v) is 4.90. The highest BCUT2D eigenvalue weighted by atomic mass is 16.5. The molecule has 3 rings (SSSR count). The molecular weight excluding hydrogens is 432 g/mol. The highest BCUT2D eigenvalue weighted by molar-refractivity contribution is 6.10. The van der Waals surface area contributed by atoms with Gasteiger partial charge in [-0.15, -0.1) is 0 Å². The molecule has 8 nitrogen and oxygen atoms in total. The van der Waals surface area contributed by atoms with Gasteiger partial charge in [-0.3, -0.25) is 19.3 Å². The molecule has 0 spiro atoms. The van der Waals surface area contributed by atoms with Gasteiger partial charge in [-0.1, -0.05) is 30.3 Å². The first-order valence-electron chi connectivity index (χ1n) is 10.7. The Morgan fingerprint density at radius 1 is 0.794 bits per heavy atom. The lowest BCUT2D eigenvalue weighted by molar-refractivity contribution is -0.119. The molecule has 0 radical (unpaired) electrons. The van der Waals surface area contributed by atoms with E-state index in [4.69, 9.17) is 4.74 Å². The van der Waals surface area contributed by atoms with Gasteiger partial charge < -0.3 is 20.7 Å². The number of anilines is 3. The molecule has 0 aliphatic rings. The first-order valence-corrected chi connectivity index (χ1v) is 10.7. The Balaban J connectivity index is 1.56. The number of para-hydroxylation sites is 1. The summed E-state index contributed by atoms with van der Waals surface area (Å²) >= 11 is 0. The summed E-state index contributed by atoms with van der Waals surface area (Å²) in [7, 11) is 3.22. The lowest BCUT2D eigenvalue weighted by Crippen LogP contribution is -2.36. The quantitative estimate of drug-likeness (QED) is 0.452. The van der Waals surface area contributed by atoms with Crippen LogP contribution in [0.1, 0.15) is 15.9 Å². The maximum absolute atomic E-state index is 12.8. The van der Waals surface area contributed by atoms with Crippen LogP contribution in [0.2, 0.25) is 0 Å². The SMILES string of the molecule is COc1cccc(NC(=O)CN(C)CC(=O)Nc2ccccc2C(=O)Nc2cccc(C)c2)c1. The predicted octanol–water partition coefficient (Wildman–Crippen LogP) is 3.76. The second-order valence-corrected chi connectivity index (χ2v) is 7.87. The number of nitrogens with zero attached hydrogens (tertiary/aromatic N) is 1. The average molecular weight is 461 g/mol. The van der Waals surface area contributed by atoms with Crippen LogP contribution in [0.4, 0.5) is 17.1 Å². The van der Waals surface area contributed by atoms with E-state index in [-0.39, 0.29) is 30.8 Å². The highest BCUT2D eigenvalue weighted by Gasteiger charge is 2.16. The second-order valence-electron chi connectivity index (χ2n) is 7.87. The zero-order chi connectivity index (χ0) is 24.5. The van der Waals surface area contributed by atoms with Crippen LogP contribution in [-0.4, -0.2) is 49.9 Å². The van der Waals surface area contributed by atoms with Crippen molar-refractivity contribution >= 4 is 34.8 Å². The van der Waals surface area contributed by atoms with Crippen molar-refractivity contribution in [2.75, 3.05) is 43.2 Å². The molecule has 0 heterocycles. The van der Waals surface area contributed by atoms with Crippen LogP contribution in [0.25, 0.3) is 0 Å². The maximum Gasteiger partial charge on any atom is 0.257 e. The van der Waals surface area contributed by atoms with Crippen molar-refractivity contribution in [2.24, 2.45) is 0 Å². The largest absolute Gasteiger partial charge is 0.497 e. The van der Waals surface area contributed by atoms with Crippen molar-refractivity contribution in [3.05, 3.63) is 83.9 Å². The van der Waals surface area contributed by atoms with Crippen LogP contribution in [-0.2, 0) is 9.59 Å². The van der Waals surface area contributed by atoms with Gasteiger partial charge >= 0.3 is 0 Å². The summed E-state index contributed by atoms with van der Waals surface area (Å²) in [6, 6.07) is 21.3. The fraction of sp³-hybridized carbons (Fsp3) is 0.192. The Morgan fingerprint density at radius 3 is 2.15 bits per heavy atom. The van der Waals surface area contributed by atoms with Gasteiger partial charge in [0.2, 0.25) is 11.8 Å². The number of aryl methyl sites for hydroxylation is 1. The van der Waals surface area contributed by atoms with Crippen molar-refractivity contribution in [3.63, 3.8) is 0 Å². The molecule has 0 unspecified atom stereocenters. The summed E-state index contributed by atoms with van der Waals surface area (Å²) in [5.41, 5.74) is 3.05. The first-order chi connectivity index (χ1) is 16.3. The average Bonchev–Trinajstić information content (AvgIpc) is 2.79. The van der Waals surface area contributed by atoms with Gasteiger partial charge in [0.25, 0.3) is 5.91 Å². The van der Waals surface area contributed by atoms with E-state index >= 15 is 0 Å². The summed E-state index contributed by atoms with van der Waals surface area (Å²) < 4.78 is 5.15. The monoisotopic (exact) mass is 460 g/mol. The van der Waals surface area contributed by atoms with Gasteiger partial charge in [0.05, 0.1) is 31.5 Å². The molecule has 3 amide bonds. The number of hydrogen-bond donors (Lipinski definition) is 3. The molecule has 0 fully saturated rings. The highest BCUT2D eigenvalue weighted by Crippen LogP contribution is 2.19. The molecule has 0 atom stereocenters. The first kappa shape index (κ1) is 24.5. The fourth-order valence-electron chi connectivity index (χ4n) is 3.35. The fourth-order valence-corrected chi connectivity index (χ4v) is 3.35. The third-order valence-electron chi connectivity index (χ3n) is 4.90. The molecule has 0 aromatic heterocycles. The molecule has 8 heteroatoms. The van der Waals surface area contributed by atoms with Gasteiger partial charge in [0.15, 0.2) is 0 Å². The maximum atomic E-state index is 12.8. The van der Waals surface area contributed by atoms with Crippen LogP contribution in [0.15, 0.2) is 72.8 Å². The van der Waals surface area contributed by atoms with Gasteiger partial charge in [-0.05, 0) is 55.9 Å². The van der Waals surface area contributed by atoms with Crippen LogP contribution >= 0.6 is 0 Å². The number of likely N-dealkylation sites (N-methyl/N-ethyl adjacent to an activating group) is 1. The van der Waals surface area contributed by atoms with Crippen LogP contribution in [0.3, 0.4) is 0 Å². The zero-order valence-electron chi connectivity index (χ0n) is 19.4. The Hall–Kier alpha value is -4.17. The molecule has 3 N–H and O–H groups in total. The summed E-state index contributed by atoms with van der Waals surface area (Å²) in [5, 5.41) is 8.39. The van der Waals surface area contributed by atoms with Crippen LogP contribution in [0.5, 0.6) is 5.75 Å². The Bertz CT molecular complexity index is 1180. The zero-order valence-corrected chi connectivity index (χ0v) is 19.4. The van der Waals surface area contributed by atoms with Gasteiger partial charge in [-0.2, -0.15) is 0 Å². The minimum atomic E-state index is -0.340. The minimum Gasteiger partial charge on any atom is -0.497 e. The van der Waals surface area contributed by atoms with Crippen molar-refractivity contribution in [2.45, 2.75) is 6.92 Å². The molecule has 3 aromatic rings. The van der Waals surface area contributed by atoms with Crippen molar-refractivity contribution in [3.8, 4) is 5.75 Å². The van der Waals surface area contributed by atoms with Gasteiger partial charge in [0, 0.05) is 17.4 Å². The number of benzene rings is 3. The van der Waals surface area contributed by atoms with Crippen LogP contribution < -0.4 is 20.7 Å². The molecule has 176 valence electrons. The number of rotatable bonds is 9. The molecule has 0 saturated heterocycles. The minimum absolute atomic E-state index is 0.0140. The molecule has 3 aromatic carbocycles. The molecule has 0 saturated carbocycles. The molecule has 0 bridgehead atoms. The van der Waals surface area contributed by atoms with E-state index in [1.165, 1.54) is 0 Å². The van der Waals surface area contributed by atoms with Crippen molar-refractivity contribution in [1.29, 1.82) is 0 Å². The van der Waals surface area contributed by atoms with E-state index in [0.717, 1.165) is 5.56 Å². The van der Waals surface area contributed by atoms with Gasteiger partial charge in [0.1, 0.15) is 5.75 Å². The predicted molar refractivity (Wildman–Crippen MR) is 133 cm³/mol. The number of ether oxygens (including phenoxy) is 1. The van der Waals surface area contributed by atoms with E-state index < -0.39 is 0 Å². The number of amides is 3. The van der Waals surface area contributed by atoms with E-state index in [0.29, 0.717) is 28.4 Å². The molecule has 34 heavy (non-hydrogen) atoms. The number of methoxy groups -OCH3 is 1. The van der Waals surface area contributed by atoms with Crippen molar-refractivity contribution in [1.82, 2.24) is 4.90 Å². The summed E-state index contributed by atoms with van der Waals surface area (Å²) in [6.45, 7) is 1.93. The summed E-state index contributed by atoms with van der Waals surface area (Å²) in [5.74, 6) is -0.294. The van der Waals surface area contributed by atoms with Crippen LogP contribution in [0, 0.1) is 6.92 Å². The second kappa shape index (κ2) is 11.6. The Morgan fingerprint density at radius 2 is 1.44 bits per heavy atom. The van der Waals surface area contributed by atoms with E-state index in [1.807, 2.05) is 25.1 Å². The number of carbonyl (C=O) groups is 3. The number of hydrogen-bond acceptors (Lipinski definition) is 5. The van der Waals surface area contributed by atoms with Gasteiger partial charge in [-0.25, -0.2) is 0 Å². The van der Waals surface area contributed by atoms with E-state index in [1.54, 1.807) is 73.7 Å². The third kappa shape index (κ3) is 7.18. The summed E-state index contributed by atoms with van der Waals surface area (Å²) in [4.78, 5) is 39.3. The lowest BCUT2D eigenvalue weighted by atomic mass is 10.1. The normalized spacial score (nSPS) is 10.5. The Labute approximate surface area is 198 Å². The smallest absolute Gasteiger partial charge is 0.257 e. The van der Waals surface area contributed by atoms with E-state index in [9.17, 15) is 14.4 Å². The standard InChI is InChI=1S/C26H28N4O4/c1-18-8-6-9-19(14-18)28-26(33)22-12-4-5-13-23(22)29-25(32)17-30(2)16-24(31)27-20-10-7-11-21(15-20)34-3/h4-15H,16-17H2,1-3H3,(H,27,31)(H,28,33)(H,29,32). The molecule has 0 aliphatic carbocycles. The van der Waals surface area contributed by atoms with Crippen molar-refractivity contribution < 1.29 is 19.1 Å². The molecule has 0 aliphatic heterocycles. The number of nitrogens with one attached hydrogen (secondary N) is 3. The topological polar surface area (TPSA) is 99.8 Å². The summed E-state index contributed by atoms with van der Waals surface area (Å²) in [6.07, 6.45) is 0. The Kier molecular flexibility index (Phi) is 8.37. The lowest BCUT2D eigenvalue weighted by Gasteiger charge is -2.17. The number of carbonyl (C=O) groups excluding carboxylic acids is 3.